The van der Waals surface area contributed by atoms with Gasteiger partial charge in [0.2, 0.25) is 0 Å². The van der Waals surface area contributed by atoms with Crippen molar-refractivity contribution in [3.8, 4) is 0 Å². The lowest BCUT2D eigenvalue weighted by molar-refractivity contribution is 0.286. The molecule has 0 saturated heterocycles. The summed E-state index contributed by atoms with van der Waals surface area (Å²) >= 11 is 1.72. The number of hydrogen-bond donors (Lipinski definition) is 1. The number of anilines is 1. The fourth-order valence-corrected chi connectivity index (χ4v) is 4.77. The number of allylic oxidation sites excluding steroid dienone is 3. The highest BCUT2D eigenvalue weighted by Gasteiger charge is 2.33. The number of hydrazone groups is 1. The summed E-state index contributed by atoms with van der Waals surface area (Å²) in [6.07, 6.45) is 2.76. The van der Waals surface area contributed by atoms with Crippen LogP contribution in [0.25, 0.3) is 5.57 Å². The van der Waals surface area contributed by atoms with E-state index in [-0.39, 0.29) is 0 Å². The molecule has 1 unspecified atom stereocenters. The summed E-state index contributed by atoms with van der Waals surface area (Å²) in [5.74, 6) is 0. The second-order valence-electron chi connectivity index (χ2n) is 7.13. The quantitative estimate of drug-likeness (QED) is 0.688. The second-order valence-corrected chi connectivity index (χ2v) is 8.04. The minimum atomic E-state index is 0.298. The van der Waals surface area contributed by atoms with Gasteiger partial charge in [0.1, 0.15) is 5.00 Å². The third kappa shape index (κ3) is 3.26. The van der Waals surface area contributed by atoms with E-state index in [0.29, 0.717) is 6.04 Å². The maximum absolute atomic E-state index is 5.01. The Morgan fingerprint density at radius 2 is 2.07 bits per heavy atom. The van der Waals surface area contributed by atoms with Crippen LogP contribution in [0.3, 0.4) is 0 Å². The molecule has 0 spiro atoms. The molecule has 1 atom stereocenters. The van der Waals surface area contributed by atoms with Crippen molar-refractivity contribution in [2.75, 3.05) is 5.32 Å². The monoisotopic (exact) mass is 375 g/mol. The van der Waals surface area contributed by atoms with Crippen LogP contribution in [0, 0.1) is 0 Å². The maximum atomic E-state index is 5.01. The van der Waals surface area contributed by atoms with Gasteiger partial charge in [0.15, 0.2) is 0 Å². The Kier molecular flexibility index (Phi) is 4.75. The zero-order chi connectivity index (χ0) is 19.0. The molecule has 2 aliphatic rings. The topological polar surface area (TPSA) is 27.6 Å². The second kappa shape index (κ2) is 7.20. The summed E-state index contributed by atoms with van der Waals surface area (Å²) in [4.78, 5) is 0. The van der Waals surface area contributed by atoms with E-state index in [0.717, 1.165) is 41.9 Å². The van der Waals surface area contributed by atoms with Crippen LogP contribution in [0.15, 0.2) is 77.0 Å². The highest BCUT2D eigenvalue weighted by atomic mass is 32.1. The average Bonchev–Trinajstić information content (AvgIpc) is 3.29. The summed E-state index contributed by atoms with van der Waals surface area (Å²) in [7, 11) is 0. The van der Waals surface area contributed by atoms with Gasteiger partial charge in [-0.1, -0.05) is 50.4 Å². The van der Waals surface area contributed by atoms with Crippen molar-refractivity contribution < 1.29 is 0 Å². The van der Waals surface area contributed by atoms with E-state index in [1.807, 2.05) is 0 Å². The van der Waals surface area contributed by atoms with Gasteiger partial charge in [0.25, 0.3) is 0 Å². The lowest BCUT2D eigenvalue weighted by Crippen LogP contribution is -2.27. The summed E-state index contributed by atoms with van der Waals surface area (Å²) < 4.78 is 0. The molecule has 0 fully saturated rings. The van der Waals surface area contributed by atoms with Gasteiger partial charge in [-0.05, 0) is 42.3 Å². The highest BCUT2D eigenvalue weighted by Crippen LogP contribution is 2.41. The molecule has 1 aromatic heterocycles. The van der Waals surface area contributed by atoms with E-state index in [1.54, 1.807) is 11.3 Å². The number of rotatable bonds is 5. The SMILES string of the molecule is C=C1Nc2sccc2C(C)=C1C1=NN(C(=C)CC)C(Cc2ccccc2)C1. The summed E-state index contributed by atoms with van der Waals surface area (Å²) in [6, 6.07) is 13.1. The molecular weight excluding hydrogens is 350 g/mol. The van der Waals surface area contributed by atoms with Crippen molar-refractivity contribution in [1.29, 1.82) is 0 Å². The number of hydrogen-bond acceptors (Lipinski definition) is 4. The first kappa shape index (κ1) is 17.8. The van der Waals surface area contributed by atoms with Crippen LogP contribution >= 0.6 is 11.3 Å². The minimum Gasteiger partial charge on any atom is -0.347 e. The van der Waals surface area contributed by atoms with Gasteiger partial charge in [0.05, 0.1) is 11.8 Å². The molecule has 4 rings (SSSR count). The first-order valence-electron chi connectivity index (χ1n) is 9.42. The molecule has 1 N–H and O–H groups in total. The van der Waals surface area contributed by atoms with E-state index in [4.69, 9.17) is 5.10 Å². The van der Waals surface area contributed by atoms with Crippen molar-refractivity contribution >= 4 is 27.6 Å². The first-order chi connectivity index (χ1) is 13.1. The molecular formula is C23H25N3S. The summed E-state index contributed by atoms with van der Waals surface area (Å²) in [5.41, 5.74) is 8.13. The highest BCUT2D eigenvalue weighted by molar-refractivity contribution is 7.14. The molecule has 3 heterocycles. The van der Waals surface area contributed by atoms with Gasteiger partial charge in [0, 0.05) is 29.0 Å². The van der Waals surface area contributed by atoms with Gasteiger partial charge in [-0.15, -0.1) is 11.3 Å². The Morgan fingerprint density at radius 1 is 1.30 bits per heavy atom. The van der Waals surface area contributed by atoms with Crippen molar-refractivity contribution in [2.45, 2.75) is 39.2 Å². The van der Waals surface area contributed by atoms with Crippen LogP contribution in [-0.2, 0) is 6.42 Å². The normalized spacial score (nSPS) is 19.0. The van der Waals surface area contributed by atoms with Gasteiger partial charge in [-0.2, -0.15) is 5.10 Å². The van der Waals surface area contributed by atoms with Crippen molar-refractivity contribution in [3.63, 3.8) is 0 Å². The molecule has 1 aromatic carbocycles. The Bertz CT molecular complexity index is 949. The number of fused-ring (bicyclic) bond motifs is 1. The molecule has 0 bridgehead atoms. The third-order valence-electron chi connectivity index (χ3n) is 5.35. The predicted molar refractivity (Wildman–Crippen MR) is 117 cm³/mol. The largest absolute Gasteiger partial charge is 0.347 e. The maximum Gasteiger partial charge on any atom is 0.100 e. The molecule has 2 aliphatic heterocycles. The zero-order valence-corrected chi connectivity index (χ0v) is 16.8. The number of thiophene rings is 1. The first-order valence-corrected chi connectivity index (χ1v) is 10.3. The van der Waals surface area contributed by atoms with Crippen LogP contribution < -0.4 is 5.32 Å². The number of nitrogens with one attached hydrogen (secondary N) is 1. The molecule has 2 aromatic rings. The number of benzene rings is 1. The Balaban J connectivity index is 1.68. The lowest BCUT2D eigenvalue weighted by Gasteiger charge is -2.24. The molecule has 27 heavy (non-hydrogen) atoms. The smallest absolute Gasteiger partial charge is 0.100 e. The van der Waals surface area contributed by atoms with E-state index >= 15 is 0 Å². The molecule has 138 valence electrons. The van der Waals surface area contributed by atoms with E-state index in [9.17, 15) is 0 Å². The number of nitrogens with zero attached hydrogens (tertiary/aromatic N) is 2. The van der Waals surface area contributed by atoms with Gasteiger partial charge >= 0.3 is 0 Å². The van der Waals surface area contributed by atoms with E-state index in [2.05, 4.69) is 79.1 Å². The Hall–Kier alpha value is -2.59. The Morgan fingerprint density at radius 3 is 2.81 bits per heavy atom. The molecule has 0 saturated carbocycles. The molecule has 0 amide bonds. The molecule has 0 radical (unpaired) electrons. The Labute approximate surface area is 165 Å². The van der Waals surface area contributed by atoms with Crippen molar-refractivity contribution in [1.82, 2.24) is 5.01 Å². The summed E-state index contributed by atoms with van der Waals surface area (Å²) in [5, 5.41) is 13.9. The minimum absolute atomic E-state index is 0.298. The van der Waals surface area contributed by atoms with Gasteiger partial charge < -0.3 is 5.32 Å². The summed E-state index contributed by atoms with van der Waals surface area (Å²) in [6.45, 7) is 12.9. The molecule has 4 heteroatoms. The van der Waals surface area contributed by atoms with Gasteiger partial charge in [-0.25, -0.2) is 0 Å². The van der Waals surface area contributed by atoms with E-state index < -0.39 is 0 Å². The molecule has 0 aliphatic carbocycles. The standard InChI is InChI=1S/C23H25N3S/c1-5-15(2)26-19(13-18-9-7-6-8-10-18)14-21(25-26)22-16(3)20-11-12-27-23(20)24-17(22)4/h6-12,19,24H,2,4-5,13-14H2,1,3H3. The average molecular weight is 376 g/mol. The van der Waals surface area contributed by atoms with Crippen molar-refractivity contribution in [3.05, 3.63) is 83.0 Å². The molecule has 3 nitrogen and oxygen atoms in total. The fraction of sp³-hybridized carbons (Fsp3) is 0.261. The fourth-order valence-electron chi connectivity index (χ4n) is 3.90. The van der Waals surface area contributed by atoms with Crippen LogP contribution in [0.4, 0.5) is 5.00 Å². The predicted octanol–water partition coefficient (Wildman–Crippen LogP) is 6.06. The van der Waals surface area contributed by atoms with E-state index in [1.165, 1.54) is 21.7 Å². The van der Waals surface area contributed by atoms with Crippen LogP contribution in [0.5, 0.6) is 0 Å². The third-order valence-corrected chi connectivity index (χ3v) is 6.18. The van der Waals surface area contributed by atoms with Gasteiger partial charge in [-0.3, -0.25) is 5.01 Å². The van der Waals surface area contributed by atoms with Crippen LogP contribution in [0.1, 0.15) is 37.8 Å². The lowest BCUT2D eigenvalue weighted by atomic mass is 9.91. The van der Waals surface area contributed by atoms with Crippen LogP contribution in [0.2, 0.25) is 0 Å². The van der Waals surface area contributed by atoms with Crippen molar-refractivity contribution in [2.24, 2.45) is 5.10 Å². The zero-order valence-electron chi connectivity index (χ0n) is 16.0. The van der Waals surface area contributed by atoms with Crippen LogP contribution in [-0.4, -0.2) is 16.8 Å².